The number of amides is 1. The van der Waals surface area contributed by atoms with Crippen LogP contribution in [0, 0.1) is 0 Å². The molecule has 0 saturated heterocycles. The maximum absolute atomic E-state index is 11.7. The summed E-state index contributed by atoms with van der Waals surface area (Å²) in [7, 11) is 0. The van der Waals surface area contributed by atoms with E-state index in [1.165, 1.54) is 0 Å². The molecule has 6 heteroatoms. The van der Waals surface area contributed by atoms with Crippen LogP contribution in [0.1, 0.15) is 31.2 Å². The fourth-order valence-corrected chi connectivity index (χ4v) is 2.47. The number of thiophene rings is 1. The van der Waals surface area contributed by atoms with E-state index in [1.54, 1.807) is 11.3 Å². The molecule has 1 amide bonds. The van der Waals surface area contributed by atoms with Gasteiger partial charge < -0.3 is 15.8 Å². The van der Waals surface area contributed by atoms with Crippen LogP contribution in [0.2, 0.25) is 0 Å². The molecule has 0 saturated carbocycles. The number of carbonyl (C=O) groups excluding carboxylic acids is 1. The van der Waals surface area contributed by atoms with E-state index in [0.717, 1.165) is 16.1 Å². The number of hydrogen-bond acceptors (Lipinski definition) is 4. The fraction of sp³-hybridized carbons (Fsp3) is 0.294. The minimum absolute atomic E-state index is 0.372. The molecule has 0 aliphatic heterocycles. The van der Waals surface area contributed by atoms with Crippen molar-refractivity contribution in [3.63, 3.8) is 0 Å². The third-order valence-electron chi connectivity index (χ3n) is 2.77. The molecule has 1 aromatic carbocycles. The van der Waals surface area contributed by atoms with Crippen molar-refractivity contribution in [3.8, 4) is 0 Å². The maximum Gasteiger partial charge on any atom is 0.407 e. The Morgan fingerprint density at radius 2 is 2.09 bits per heavy atom. The first-order valence-electron chi connectivity index (χ1n) is 7.27. The van der Waals surface area contributed by atoms with Gasteiger partial charge in [0, 0.05) is 6.54 Å². The Morgan fingerprint density at radius 1 is 1.30 bits per heavy atom. The van der Waals surface area contributed by atoms with Crippen LogP contribution in [0.25, 0.3) is 0 Å². The molecule has 0 aliphatic rings. The second kappa shape index (κ2) is 7.28. The molecule has 3 N–H and O–H groups in total. The summed E-state index contributed by atoms with van der Waals surface area (Å²) in [6.07, 6.45) is -0.440. The number of hydrogen-bond donors (Lipinski definition) is 2. The Bertz CT molecular complexity index is 688. The normalized spacial score (nSPS) is 12.0. The second-order valence-corrected chi connectivity index (χ2v) is 6.95. The molecule has 23 heavy (non-hydrogen) atoms. The van der Waals surface area contributed by atoms with Crippen molar-refractivity contribution < 1.29 is 9.53 Å². The number of ether oxygens (including phenoxy) is 1. The predicted octanol–water partition coefficient (Wildman–Crippen LogP) is 3.81. The highest BCUT2D eigenvalue weighted by Crippen LogP contribution is 2.17. The molecule has 2 aromatic rings. The Kier molecular flexibility index (Phi) is 5.39. The van der Waals surface area contributed by atoms with Crippen molar-refractivity contribution in [2.24, 2.45) is 10.7 Å². The highest BCUT2D eigenvalue weighted by Gasteiger charge is 2.15. The Morgan fingerprint density at radius 3 is 2.74 bits per heavy atom. The van der Waals surface area contributed by atoms with Gasteiger partial charge in [-0.15, -0.1) is 11.3 Å². The summed E-state index contributed by atoms with van der Waals surface area (Å²) in [6.45, 7) is 5.86. The molecule has 0 aliphatic carbocycles. The van der Waals surface area contributed by atoms with Crippen molar-refractivity contribution >= 4 is 29.0 Å². The largest absolute Gasteiger partial charge is 0.444 e. The zero-order valence-corrected chi connectivity index (χ0v) is 14.3. The third kappa shape index (κ3) is 5.75. The van der Waals surface area contributed by atoms with Crippen LogP contribution in [0.3, 0.4) is 0 Å². The quantitative estimate of drug-likeness (QED) is 0.660. The number of nitrogens with zero attached hydrogens (tertiary/aromatic N) is 1. The van der Waals surface area contributed by atoms with Gasteiger partial charge in [0.2, 0.25) is 0 Å². The van der Waals surface area contributed by atoms with Gasteiger partial charge in [0.05, 0.1) is 10.6 Å². The standard InChI is InChI=1S/C17H21N3O2S/c1-17(2,3)22-16(21)19-11-12-6-4-7-13(10-12)20-15(18)14-8-5-9-23-14/h4-10H,11H2,1-3H3,(H2,18,20)(H,19,21). The maximum atomic E-state index is 11.7. The molecule has 0 unspecified atom stereocenters. The second-order valence-electron chi connectivity index (χ2n) is 6.00. The zero-order chi connectivity index (χ0) is 16.9. The molecule has 122 valence electrons. The number of nitrogens with one attached hydrogen (secondary N) is 1. The zero-order valence-electron chi connectivity index (χ0n) is 13.5. The van der Waals surface area contributed by atoms with E-state index >= 15 is 0 Å². The highest BCUT2D eigenvalue weighted by atomic mass is 32.1. The van der Waals surface area contributed by atoms with Crippen LogP contribution in [0.4, 0.5) is 10.5 Å². The van der Waals surface area contributed by atoms with E-state index in [-0.39, 0.29) is 0 Å². The van der Waals surface area contributed by atoms with Gasteiger partial charge in [-0.25, -0.2) is 9.79 Å². The van der Waals surface area contributed by atoms with E-state index in [4.69, 9.17) is 10.5 Å². The molecule has 0 bridgehead atoms. The number of rotatable bonds is 4. The number of benzene rings is 1. The molecular formula is C17H21N3O2S. The lowest BCUT2D eigenvalue weighted by Gasteiger charge is -2.19. The van der Waals surface area contributed by atoms with E-state index in [9.17, 15) is 4.79 Å². The van der Waals surface area contributed by atoms with Crippen LogP contribution in [-0.4, -0.2) is 17.5 Å². The summed E-state index contributed by atoms with van der Waals surface area (Å²) in [5.74, 6) is 0.484. The lowest BCUT2D eigenvalue weighted by Crippen LogP contribution is -2.32. The topological polar surface area (TPSA) is 76.7 Å². The van der Waals surface area contributed by atoms with Crippen molar-refractivity contribution in [2.75, 3.05) is 0 Å². The first-order chi connectivity index (χ1) is 10.8. The van der Waals surface area contributed by atoms with Gasteiger partial charge in [0.15, 0.2) is 0 Å². The molecule has 5 nitrogen and oxygen atoms in total. The first kappa shape index (κ1) is 17.0. The lowest BCUT2D eigenvalue weighted by molar-refractivity contribution is 0.0523. The van der Waals surface area contributed by atoms with Crippen LogP contribution >= 0.6 is 11.3 Å². The van der Waals surface area contributed by atoms with Gasteiger partial charge in [-0.05, 0) is 49.9 Å². The summed E-state index contributed by atoms with van der Waals surface area (Å²) in [4.78, 5) is 17.0. The Hall–Kier alpha value is -2.34. The van der Waals surface area contributed by atoms with Crippen molar-refractivity contribution in [1.29, 1.82) is 0 Å². The smallest absolute Gasteiger partial charge is 0.407 e. The van der Waals surface area contributed by atoms with Crippen molar-refractivity contribution in [3.05, 3.63) is 52.2 Å². The average molecular weight is 331 g/mol. The highest BCUT2D eigenvalue weighted by molar-refractivity contribution is 7.12. The molecule has 1 aromatic heterocycles. The summed E-state index contributed by atoms with van der Waals surface area (Å²) in [5.41, 5.74) is 7.15. The SMILES string of the molecule is CC(C)(C)OC(=O)NCc1cccc(N=C(N)c2cccs2)c1. The molecule has 0 radical (unpaired) electrons. The monoisotopic (exact) mass is 331 g/mol. The molecular weight excluding hydrogens is 310 g/mol. The van der Waals surface area contributed by atoms with Crippen LogP contribution in [-0.2, 0) is 11.3 Å². The van der Waals surface area contributed by atoms with E-state index in [2.05, 4.69) is 10.3 Å². The summed E-state index contributed by atoms with van der Waals surface area (Å²) in [5, 5.41) is 4.68. The molecule has 2 rings (SSSR count). The van der Waals surface area contributed by atoms with Gasteiger partial charge in [-0.2, -0.15) is 0 Å². The summed E-state index contributed by atoms with van der Waals surface area (Å²) in [6, 6.07) is 11.4. The number of carbonyl (C=O) groups is 1. The van der Waals surface area contributed by atoms with Gasteiger partial charge in [-0.3, -0.25) is 0 Å². The Labute approximate surface area is 140 Å². The van der Waals surface area contributed by atoms with Gasteiger partial charge in [0.25, 0.3) is 0 Å². The van der Waals surface area contributed by atoms with Crippen molar-refractivity contribution in [2.45, 2.75) is 32.9 Å². The first-order valence-corrected chi connectivity index (χ1v) is 8.15. The Balaban J connectivity index is 2.00. The predicted molar refractivity (Wildman–Crippen MR) is 94.2 cm³/mol. The van der Waals surface area contributed by atoms with Gasteiger partial charge in [-0.1, -0.05) is 18.2 Å². The lowest BCUT2D eigenvalue weighted by atomic mass is 10.2. The summed E-state index contributed by atoms with van der Waals surface area (Å²) >= 11 is 1.54. The van der Waals surface area contributed by atoms with Gasteiger partial charge in [0.1, 0.15) is 11.4 Å². The number of alkyl carbamates (subject to hydrolysis) is 1. The number of nitrogens with two attached hydrogens (primary N) is 1. The van der Waals surface area contributed by atoms with Crippen LogP contribution in [0.5, 0.6) is 0 Å². The minimum atomic E-state index is -0.509. The molecule has 0 spiro atoms. The van der Waals surface area contributed by atoms with E-state index < -0.39 is 11.7 Å². The van der Waals surface area contributed by atoms with Crippen LogP contribution < -0.4 is 11.1 Å². The fourth-order valence-electron chi connectivity index (χ4n) is 1.84. The van der Waals surface area contributed by atoms with E-state index in [1.807, 2.05) is 62.5 Å². The molecule has 0 atom stereocenters. The van der Waals surface area contributed by atoms with Crippen LogP contribution in [0.15, 0.2) is 46.8 Å². The molecule has 0 fully saturated rings. The van der Waals surface area contributed by atoms with Gasteiger partial charge >= 0.3 is 6.09 Å². The van der Waals surface area contributed by atoms with E-state index in [0.29, 0.717) is 12.4 Å². The molecule has 1 heterocycles. The summed E-state index contributed by atoms with van der Waals surface area (Å²) < 4.78 is 5.21. The average Bonchev–Trinajstić information content (AvgIpc) is 2.98. The number of aliphatic imine (C=N–C) groups is 1. The number of amidine groups is 1. The third-order valence-corrected chi connectivity index (χ3v) is 3.66. The van der Waals surface area contributed by atoms with Crippen molar-refractivity contribution in [1.82, 2.24) is 5.32 Å². The minimum Gasteiger partial charge on any atom is -0.444 e.